The number of hydrogen-bond donors (Lipinski definition) is 1. The van der Waals surface area contributed by atoms with Crippen LogP contribution in [0.1, 0.15) is 37.7 Å². The Hall–Kier alpha value is -2.84. The number of aromatic nitrogens is 2. The third-order valence-corrected chi connectivity index (χ3v) is 7.88. The van der Waals surface area contributed by atoms with Gasteiger partial charge in [0.2, 0.25) is 0 Å². The minimum Gasteiger partial charge on any atom is -0.379 e. The fourth-order valence-electron chi connectivity index (χ4n) is 4.37. The third kappa shape index (κ3) is 4.83. The molecule has 1 aliphatic rings. The summed E-state index contributed by atoms with van der Waals surface area (Å²) in [5.41, 5.74) is 3.35. The van der Waals surface area contributed by atoms with Crippen molar-refractivity contribution in [1.29, 1.82) is 0 Å². The summed E-state index contributed by atoms with van der Waals surface area (Å²) in [4.78, 5) is 5.00. The summed E-state index contributed by atoms with van der Waals surface area (Å²) in [7, 11) is -3.94. The highest BCUT2D eigenvalue weighted by Gasteiger charge is 2.21. The molecule has 0 atom stereocenters. The van der Waals surface area contributed by atoms with Crippen LogP contribution in [0.2, 0.25) is 0 Å². The normalized spacial score (nSPS) is 14.9. The lowest BCUT2D eigenvalue weighted by atomic mass is 9.95. The van der Waals surface area contributed by atoms with Crippen LogP contribution in [0.5, 0.6) is 5.75 Å². The largest absolute Gasteiger partial charge is 0.379 e. The Morgan fingerprint density at radius 2 is 1.79 bits per heavy atom. The number of nitrogens with zero attached hydrogens (tertiary/aromatic N) is 2. The molecule has 4 aromatic rings. The molecule has 2 aromatic heterocycles. The van der Waals surface area contributed by atoms with Crippen molar-refractivity contribution in [3.05, 3.63) is 76.9 Å². The van der Waals surface area contributed by atoms with Gasteiger partial charge in [0, 0.05) is 22.3 Å². The van der Waals surface area contributed by atoms with E-state index in [2.05, 4.69) is 21.2 Å². The van der Waals surface area contributed by atoms with E-state index in [-0.39, 0.29) is 10.6 Å². The molecule has 0 spiro atoms. The highest BCUT2D eigenvalue weighted by molar-refractivity contribution is 9.10. The number of fused-ring (bicyclic) bond motifs is 1. The first-order chi connectivity index (χ1) is 16.4. The summed E-state index contributed by atoms with van der Waals surface area (Å²) >= 11 is 3.57. The van der Waals surface area contributed by atoms with Crippen molar-refractivity contribution in [2.45, 2.75) is 50.0 Å². The quantitative estimate of drug-likeness (QED) is 0.280. The first kappa shape index (κ1) is 22.9. The maximum absolute atomic E-state index is 12.8. The summed E-state index contributed by atoms with van der Waals surface area (Å²) in [6, 6.07) is 18.0. The molecule has 2 aromatic carbocycles. The smallest absolute Gasteiger partial charge is 0.339 e. The molecule has 1 fully saturated rings. The van der Waals surface area contributed by atoms with Gasteiger partial charge in [-0.2, -0.15) is 8.42 Å². The predicted molar refractivity (Wildman–Crippen MR) is 138 cm³/mol. The SMILES string of the molecule is Cc1ccc(S(=O)(=O)Oc2cccc(-c3nc4ccc(Br)cn4c3NC3CCCCC3)c2)cc1. The highest BCUT2D eigenvalue weighted by atomic mass is 79.9. The average Bonchev–Trinajstić information content (AvgIpc) is 3.17. The minimum absolute atomic E-state index is 0.126. The van der Waals surface area contributed by atoms with Crippen molar-refractivity contribution in [3.63, 3.8) is 0 Å². The number of pyridine rings is 1. The fourth-order valence-corrected chi connectivity index (χ4v) is 5.63. The molecular formula is C26H26BrN3O3S. The molecule has 0 bridgehead atoms. The van der Waals surface area contributed by atoms with E-state index in [0.717, 1.165) is 45.6 Å². The van der Waals surface area contributed by atoms with Gasteiger partial charge in [0.15, 0.2) is 0 Å². The summed E-state index contributed by atoms with van der Waals surface area (Å²) in [6.45, 7) is 1.91. The van der Waals surface area contributed by atoms with E-state index >= 15 is 0 Å². The Labute approximate surface area is 208 Å². The van der Waals surface area contributed by atoms with Gasteiger partial charge < -0.3 is 9.50 Å². The minimum atomic E-state index is -3.94. The van der Waals surface area contributed by atoms with E-state index in [1.54, 1.807) is 42.5 Å². The second-order valence-electron chi connectivity index (χ2n) is 8.74. The number of anilines is 1. The molecule has 0 amide bonds. The Morgan fingerprint density at radius 1 is 1.03 bits per heavy atom. The van der Waals surface area contributed by atoms with Crippen LogP contribution in [-0.2, 0) is 10.1 Å². The monoisotopic (exact) mass is 539 g/mol. The fraction of sp³-hybridized carbons (Fsp3) is 0.269. The molecule has 2 heterocycles. The van der Waals surface area contributed by atoms with Gasteiger partial charge in [-0.25, -0.2) is 4.98 Å². The maximum atomic E-state index is 12.8. The van der Waals surface area contributed by atoms with Crippen molar-refractivity contribution in [2.24, 2.45) is 0 Å². The van der Waals surface area contributed by atoms with E-state index in [1.807, 2.05) is 35.7 Å². The van der Waals surface area contributed by atoms with Gasteiger partial charge in [-0.15, -0.1) is 0 Å². The zero-order valence-electron chi connectivity index (χ0n) is 18.9. The molecule has 1 aliphatic carbocycles. The molecule has 0 radical (unpaired) electrons. The molecule has 0 aliphatic heterocycles. The molecule has 5 rings (SSSR count). The standard InChI is InChI=1S/C26H26BrN3O3S/c1-18-10-13-23(14-11-18)34(31,32)33-22-9-5-6-19(16-22)25-26(28-21-7-3-2-4-8-21)30-17-20(27)12-15-24(30)29-25/h5-6,9-17,21,28H,2-4,7-8H2,1H3. The third-order valence-electron chi connectivity index (χ3n) is 6.15. The first-order valence-electron chi connectivity index (χ1n) is 11.4. The summed E-state index contributed by atoms with van der Waals surface area (Å²) in [5.74, 6) is 1.15. The predicted octanol–water partition coefficient (Wildman–Crippen LogP) is 6.58. The topological polar surface area (TPSA) is 72.7 Å². The summed E-state index contributed by atoms with van der Waals surface area (Å²) in [5, 5.41) is 3.72. The van der Waals surface area contributed by atoms with Crippen LogP contribution < -0.4 is 9.50 Å². The first-order valence-corrected chi connectivity index (χ1v) is 13.6. The molecule has 1 saturated carbocycles. The second kappa shape index (κ2) is 9.43. The van der Waals surface area contributed by atoms with Gasteiger partial charge in [0.25, 0.3) is 0 Å². The van der Waals surface area contributed by atoms with E-state index in [4.69, 9.17) is 9.17 Å². The van der Waals surface area contributed by atoms with Gasteiger partial charge in [-0.05, 0) is 72.1 Å². The lowest BCUT2D eigenvalue weighted by Crippen LogP contribution is -2.23. The average molecular weight is 540 g/mol. The Balaban J connectivity index is 1.52. The number of benzene rings is 2. The Morgan fingerprint density at radius 3 is 2.56 bits per heavy atom. The summed E-state index contributed by atoms with van der Waals surface area (Å²) in [6.07, 6.45) is 7.95. The highest BCUT2D eigenvalue weighted by Crippen LogP contribution is 2.34. The number of halogens is 1. The van der Waals surface area contributed by atoms with E-state index in [9.17, 15) is 8.42 Å². The van der Waals surface area contributed by atoms with Crippen LogP contribution in [-0.4, -0.2) is 23.8 Å². The number of imidazole rings is 1. The number of aryl methyl sites for hydroxylation is 1. The van der Waals surface area contributed by atoms with Crippen LogP contribution >= 0.6 is 15.9 Å². The van der Waals surface area contributed by atoms with Crippen molar-refractivity contribution in [1.82, 2.24) is 9.38 Å². The van der Waals surface area contributed by atoms with Gasteiger partial charge >= 0.3 is 10.1 Å². The zero-order valence-corrected chi connectivity index (χ0v) is 21.3. The molecule has 34 heavy (non-hydrogen) atoms. The zero-order chi connectivity index (χ0) is 23.7. The van der Waals surface area contributed by atoms with Crippen LogP contribution in [0.3, 0.4) is 0 Å². The van der Waals surface area contributed by atoms with Crippen LogP contribution in [0.25, 0.3) is 16.9 Å². The van der Waals surface area contributed by atoms with E-state index in [1.165, 1.54) is 19.3 Å². The van der Waals surface area contributed by atoms with Crippen molar-refractivity contribution in [2.75, 3.05) is 5.32 Å². The van der Waals surface area contributed by atoms with E-state index in [0.29, 0.717) is 6.04 Å². The van der Waals surface area contributed by atoms with Gasteiger partial charge in [0.05, 0.1) is 0 Å². The molecule has 8 heteroatoms. The Bertz CT molecular complexity index is 1430. The summed E-state index contributed by atoms with van der Waals surface area (Å²) < 4.78 is 34.1. The van der Waals surface area contributed by atoms with Crippen molar-refractivity contribution in [3.8, 4) is 17.0 Å². The van der Waals surface area contributed by atoms with E-state index < -0.39 is 10.1 Å². The van der Waals surface area contributed by atoms with Gasteiger partial charge in [-0.3, -0.25) is 4.40 Å². The maximum Gasteiger partial charge on any atom is 0.339 e. The Kier molecular flexibility index (Phi) is 6.36. The van der Waals surface area contributed by atoms with Crippen LogP contribution in [0.4, 0.5) is 5.82 Å². The number of hydrogen-bond acceptors (Lipinski definition) is 5. The van der Waals surface area contributed by atoms with Crippen molar-refractivity contribution >= 4 is 37.5 Å². The molecule has 176 valence electrons. The van der Waals surface area contributed by atoms with Crippen LogP contribution in [0, 0.1) is 6.92 Å². The number of rotatable bonds is 6. The molecule has 0 unspecified atom stereocenters. The lowest BCUT2D eigenvalue weighted by molar-refractivity contribution is 0.462. The van der Waals surface area contributed by atoms with Gasteiger partial charge in [0.1, 0.15) is 27.8 Å². The molecule has 0 saturated heterocycles. The number of nitrogens with one attached hydrogen (secondary N) is 1. The van der Waals surface area contributed by atoms with Gasteiger partial charge in [-0.1, -0.05) is 49.1 Å². The second-order valence-corrected chi connectivity index (χ2v) is 11.2. The lowest BCUT2D eigenvalue weighted by Gasteiger charge is -2.24. The van der Waals surface area contributed by atoms with Crippen LogP contribution in [0.15, 0.2) is 76.2 Å². The molecule has 6 nitrogen and oxygen atoms in total. The van der Waals surface area contributed by atoms with Crippen molar-refractivity contribution < 1.29 is 12.6 Å². The molecular weight excluding hydrogens is 514 g/mol. The molecule has 1 N–H and O–H groups in total.